The number of hydrogen-bond donors (Lipinski definition) is 2. The predicted molar refractivity (Wildman–Crippen MR) is 71.4 cm³/mol. The second kappa shape index (κ2) is 6.21. The van der Waals surface area contributed by atoms with Crippen molar-refractivity contribution in [2.45, 2.75) is 19.4 Å². The van der Waals surface area contributed by atoms with E-state index in [0.29, 0.717) is 11.6 Å². The van der Waals surface area contributed by atoms with E-state index < -0.39 is 0 Å². The summed E-state index contributed by atoms with van der Waals surface area (Å²) in [7, 11) is 1.56. The van der Waals surface area contributed by atoms with Gasteiger partial charge in [0.25, 0.3) is 0 Å². The summed E-state index contributed by atoms with van der Waals surface area (Å²) in [6.45, 7) is 2.07. The Morgan fingerprint density at radius 3 is 2.79 bits per heavy atom. The summed E-state index contributed by atoms with van der Waals surface area (Å²) in [6, 6.07) is 1.65. The minimum Gasteiger partial charge on any atom is -0.480 e. The normalized spacial score (nSPS) is 12.2. The highest BCUT2D eigenvalue weighted by atomic mass is 16.5. The fraction of sp³-hybridized carbons (Fsp3) is 0.308. The molecule has 2 rings (SSSR count). The lowest BCUT2D eigenvalue weighted by Gasteiger charge is -2.19. The second-order valence-electron chi connectivity index (χ2n) is 3.98. The van der Waals surface area contributed by atoms with Gasteiger partial charge in [-0.2, -0.15) is 0 Å². The molecule has 0 radical (unpaired) electrons. The number of nitrogens with zero attached hydrogens (tertiary/aromatic N) is 3. The molecule has 100 valence electrons. The SMILES string of the molecule is CCc1cnccc1C(NN)c1nccnc1OC. The maximum absolute atomic E-state index is 5.69. The van der Waals surface area contributed by atoms with Crippen LogP contribution in [-0.2, 0) is 6.42 Å². The summed E-state index contributed by atoms with van der Waals surface area (Å²) in [5.74, 6) is 6.15. The summed E-state index contributed by atoms with van der Waals surface area (Å²) in [4.78, 5) is 12.6. The third kappa shape index (κ3) is 2.69. The third-order valence-electron chi connectivity index (χ3n) is 2.96. The van der Waals surface area contributed by atoms with E-state index in [2.05, 4.69) is 27.3 Å². The first-order valence-electron chi connectivity index (χ1n) is 6.05. The molecule has 2 aromatic heterocycles. The molecule has 0 spiro atoms. The number of rotatable bonds is 5. The highest BCUT2D eigenvalue weighted by Gasteiger charge is 2.21. The van der Waals surface area contributed by atoms with Crippen molar-refractivity contribution in [1.29, 1.82) is 0 Å². The smallest absolute Gasteiger partial charge is 0.237 e. The Morgan fingerprint density at radius 2 is 2.11 bits per heavy atom. The number of nitrogens with one attached hydrogen (secondary N) is 1. The number of aryl methyl sites for hydroxylation is 1. The predicted octanol–water partition coefficient (Wildman–Crippen LogP) is 0.995. The van der Waals surface area contributed by atoms with Crippen LogP contribution in [-0.4, -0.2) is 22.1 Å². The van der Waals surface area contributed by atoms with E-state index in [0.717, 1.165) is 17.5 Å². The van der Waals surface area contributed by atoms with Crippen LogP contribution in [0.15, 0.2) is 30.9 Å². The molecule has 1 atom stereocenters. The van der Waals surface area contributed by atoms with Gasteiger partial charge in [0, 0.05) is 24.8 Å². The molecule has 0 aliphatic heterocycles. The molecule has 19 heavy (non-hydrogen) atoms. The molecule has 6 nitrogen and oxygen atoms in total. The summed E-state index contributed by atoms with van der Waals surface area (Å²) < 4.78 is 5.24. The van der Waals surface area contributed by atoms with Crippen LogP contribution >= 0.6 is 0 Å². The first-order chi connectivity index (χ1) is 9.31. The zero-order chi connectivity index (χ0) is 13.7. The Bertz CT molecular complexity index is 499. The van der Waals surface area contributed by atoms with Crippen LogP contribution in [0.1, 0.15) is 29.8 Å². The van der Waals surface area contributed by atoms with Gasteiger partial charge in [-0.05, 0) is 23.6 Å². The zero-order valence-electron chi connectivity index (χ0n) is 11.0. The first-order valence-corrected chi connectivity index (χ1v) is 6.05. The molecule has 0 saturated carbocycles. The van der Waals surface area contributed by atoms with E-state index in [1.807, 2.05) is 12.3 Å². The quantitative estimate of drug-likeness (QED) is 0.615. The Kier molecular flexibility index (Phi) is 4.38. The van der Waals surface area contributed by atoms with Gasteiger partial charge in [-0.25, -0.2) is 10.4 Å². The van der Waals surface area contributed by atoms with Gasteiger partial charge in [0.1, 0.15) is 5.69 Å². The molecule has 2 heterocycles. The highest BCUT2D eigenvalue weighted by Crippen LogP contribution is 2.27. The average molecular weight is 259 g/mol. The number of ether oxygens (including phenoxy) is 1. The van der Waals surface area contributed by atoms with E-state index in [4.69, 9.17) is 10.6 Å². The molecule has 0 aliphatic carbocycles. The summed E-state index contributed by atoms with van der Waals surface area (Å²) in [5.41, 5.74) is 5.57. The van der Waals surface area contributed by atoms with Gasteiger partial charge in [-0.1, -0.05) is 6.92 Å². The van der Waals surface area contributed by atoms with Crippen LogP contribution in [0, 0.1) is 0 Å². The Hall–Kier alpha value is -2.05. The summed E-state index contributed by atoms with van der Waals surface area (Å²) >= 11 is 0. The maximum Gasteiger partial charge on any atom is 0.237 e. The molecule has 1 unspecified atom stereocenters. The standard InChI is InChI=1S/C13H17N5O/c1-3-9-8-15-5-4-10(9)11(18-14)12-13(19-2)17-7-6-16-12/h4-8,11,18H,3,14H2,1-2H3. The van der Waals surface area contributed by atoms with Crippen molar-refractivity contribution in [2.75, 3.05) is 7.11 Å². The monoisotopic (exact) mass is 259 g/mol. The van der Waals surface area contributed by atoms with Crippen molar-refractivity contribution in [3.05, 3.63) is 47.7 Å². The van der Waals surface area contributed by atoms with Crippen LogP contribution < -0.4 is 16.0 Å². The Balaban J connectivity index is 2.50. The van der Waals surface area contributed by atoms with Gasteiger partial charge >= 0.3 is 0 Å². The zero-order valence-corrected chi connectivity index (χ0v) is 11.0. The van der Waals surface area contributed by atoms with Gasteiger partial charge in [0.2, 0.25) is 5.88 Å². The van der Waals surface area contributed by atoms with Crippen LogP contribution in [0.4, 0.5) is 0 Å². The number of pyridine rings is 1. The lowest BCUT2D eigenvalue weighted by molar-refractivity contribution is 0.382. The van der Waals surface area contributed by atoms with Crippen molar-refractivity contribution >= 4 is 0 Å². The van der Waals surface area contributed by atoms with Crippen molar-refractivity contribution < 1.29 is 4.74 Å². The van der Waals surface area contributed by atoms with Crippen molar-refractivity contribution in [2.24, 2.45) is 5.84 Å². The molecule has 2 aromatic rings. The molecule has 0 bridgehead atoms. The van der Waals surface area contributed by atoms with E-state index in [-0.39, 0.29) is 6.04 Å². The molecular formula is C13H17N5O. The molecule has 3 N–H and O–H groups in total. The second-order valence-corrected chi connectivity index (χ2v) is 3.98. The van der Waals surface area contributed by atoms with Gasteiger partial charge in [-0.3, -0.25) is 15.8 Å². The van der Waals surface area contributed by atoms with Crippen molar-refractivity contribution in [3.8, 4) is 5.88 Å². The lowest BCUT2D eigenvalue weighted by Crippen LogP contribution is -2.30. The van der Waals surface area contributed by atoms with E-state index in [1.54, 1.807) is 25.7 Å². The fourth-order valence-corrected chi connectivity index (χ4v) is 2.02. The number of aromatic nitrogens is 3. The topological polar surface area (TPSA) is 86.0 Å². The number of hydrazine groups is 1. The van der Waals surface area contributed by atoms with Gasteiger partial charge in [-0.15, -0.1) is 0 Å². The van der Waals surface area contributed by atoms with Crippen LogP contribution in [0.2, 0.25) is 0 Å². The van der Waals surface area contributed by atoms with Gasteiger partial charge in [0.05, 0.1) is 13.2 Å². The first kappa shape index (κ1) is 13.4. The van der Waals surface area contributed by atoms with Gasteiger partial charge < -0.3 is 4.74 Å². The van der Waals surface area contributed by atoms with Crippen molar-refractivity contribution in [1.82, 2.24) is 20.4 Å². The third-order valence-corrected chi connectivity index (χ3v) is 2.96. The minimum atomic E-state index is -0.276. The van der Waals surface area contributed by atoms with Gasteiger partial charge in [0.15, 0.2) is 0 Å². The highest BCUT2D eigenvalue weighted by molar-refractivity contribution is 5.36. The fourth-order valence-electron chi connectivity index (χ4n) is 2.02. The molecule has 0 saturated heterocycles. The van der Waals surface area contributed by atoms with Crippen molar-refractivity contribution in [3.63, 3.8) is 0 Å². The Labute approximate surface area is 112 Å². The van der Waals surface area contributed by atoms with E-state index in [1.165, 1.54) is 0 Å². The molecule has 0 fully saturated rings. The maximum atomic E-state index is 5.69. The molecule has 0 amide bonds. The Morgan fingerprint density at radius 1 is 1.32 bits per heavy atom. The van der Waals surface area contributed by atoms with E-state index >= 15 is 0 Å². The van der Waals surface area contributed by atoms with Crippen LogP contribution in [0.5, 0.6) is 5.88 Å². The lowest BCUT2D eigenvalue weighted by atomic mass is 9.99. The largest absolute Gasteiger partial charge is 0.480 e. The van der Waals surface area contributed by atoms with E-state index in [9.17, 15) is 0 Å². The minimum absolute atomic E-state index is 0.276. The van der Waals surface area contributed by atoms with Crippen LogP contribution in [0.3, 0.4) is 0 Å². The average Bonchev–Trinajstić information content (AvgIpc) is 2.49. The molecule has 0 aliphatic rings. The number of nitrogens with two attached hydrogens (primary N) is 1. The number of hydrogen-bond acceptors (Lipinski definition) is 6. The summed E-state index contributed by atoms with van der Waals surface area (Å²) in [5, 5.41) is 0. The van der Waals surface area contributed by atoms with Crippen LogP contribution in [0.25, 0.3) is 0 Å². The molecular weight excluding hydrogens is 242 g/mol. The summed E-state index contributed by atoms with van der Waals surface area (Å²) in [6.07, 6.45) is 7.65. The number of methoxy groups -OCH3 is 1. The molecule has 0 aromatic carbocycles. The molecule has 6 heteroatoms.